The van der Waals surface area contributed by atoms with Gasteiger partial charge in [0.1, 0.15) is 6.04 Å². The lowest BCUT2D eigenvalue weighted by molar-refractivity contribution is -0.160. The smallest absolute Gasteiger partial charge is 0.355 e. The van der Waals surface area contributed by atoms with Crippen LogP contribution in [0.5, 0.6) is 0 Å². The number of rotatable bonds is 8. The van der Waals surface area contributed by atoms with Gasteiger partial charge in [0, 0.05) is 32.2 Å². The Bertz CT molecular complexity index is 798. The molecular formula is C23H40F3N5O3S. The summed E-state index contributed by atoms with van der Waals surface area (Å²) in [5.74, 6) is 1.08. The van der Waals surface area contributed by atoms with Crippen molar-refractivity contribution in [2.24, 2.45) is 11.8 Å². The Morgan fingerprint density at radius 2 is 1.80 bits per heavy atom. The summed E-state index contributed by atoms with van der Waals surface area (Å²) in [6, 6.07) is -1.25. The lowest BCUT2D eigenvalue weighted by atomic mass is 9.92. The fourth-order valence-corrected chi connectivity index (χ4v) is 8.00. The number of unbranched alkanes of at least 4 members (excludes halogenated alkanes) is 1. The minimum Gasteiger partial charge on any atom is -0.355 e. The van der Waals surface area contributed by atoms with Gasteiger partial charge in [0.05, 0.1) is 11.3 Å². The van der Waals surface area contributed by atoms with Crippen molar-refractivity contribution in [3.05, 3.63) is 0 Å². The van der Waals surface area contributed by atoms with Crippen LogP contribution in [0.3, 0.4) is 0 Å². The largest absolute Gasteiger partial charge is 0.403 e. The molecule has 0 bridgehead atoms. The first kappa shape index (κ1) is 27.1. The summed E-state index contributed by atoms with van der Waals surface area (Å²) in [6.07, 6.45) is 1.92. The number of hydrogen-bond acceptors (Lipinski definition) is 6. The average molecular weight is 524 g/mol. The van der Waals surface area contributed by atoms with Crippen LogP contribution in [-0.4, -0.2) is 87.5 Å². The van der Waals surface area contributed by atoms with E-state index < -0.39 is 27.5 Å². The van der Waals surface area contributed by atoms with Crippen LogP contribution in [0.2, 0.25) is 0 Å². The molecule has 0 saturated carbocycles. The first-order valence-electron chi connectivity index (χ1n) is 13.2. The second-order valence-electron chi connectivity index (χ2n) is 10.7. The Morgan fingerprint density at radius 3 is 2.46 bits per heavy atom. The van der Waals surface area contributed by atoms with Crippen molar-refractivity contribution in [2.45, 2.75) is 87.3 Å². The monoisotopic (exact) mass is 523 g/mol. The molecule has 4 heterocycles. The van der Waals surface area contributed by atoms with Gasteiger partial charge in [0.2, 0.25) is 15.9 Å². The van der Waals surface area contributed by atoms with Gasteiger partial charge in [-0.3, -0.25) is 4.79 Å². The zero-order chi connectivity index (χ0) is 25.1. The van der Waals surface area contributed by atoms with Gasteiger partial charge < -0.3 is 21.3 Å². The van der Waals surface area contributed by atoms with Crippen LogP contribution < -0.4 is 21.3 Å². The highest BCUT2D eigenvalue weighted by Gasteiger charge is 2.45. The molecule has 4 rings (SSSR count). The lowest BCUT2D eigenvalue weighted by Gasteiger charge is -2.37. The highest BCUT2D eigenvalue weighted by Crippen LogP contribution is 2.31. The minimum atomic E-state index is -4.33. The molecule has 35 heavy (non-hydrogen) atoms. The molecule has 4 saturated heterocycles. The fraction of sp³-hybridized carbons (Fsp3) is 0.957. The highest BCUT2D eigenvalue weighted by molar-refractivity contribution is 7.89. The SMILES string of the molecule is O=C(NCCCCC1CCN(S(=O)(=O)C2CCC(C(F)(F)F)NC2)CC1)C1CC2CNCCC2N1. The van der Waals surface area contributed by atoms with Gasteiger partial charge in [-0.25, -0.2) is 12.7 Å². The summed E-state index contributed by atoms with van der Waals surface area (Å²) in [7, 11) is -3.59. The molecule has 4 aliphatic heterocycles. The van der Waals surface area contributed by atoms with Gasteiger partial charge in [0.25, 0.3) is 0 Å². The van der Waals surface area contributed by atoms with Crippen LogP contribution in [-0.2, 0) is 14.8 Å². The van der Waals surface area contributed by atoms with Gasteiger partial charge in [-0.2, -0.15) is 13.2 Å². The van der Waals surface area contributed by atoms with E-state index in [0.717, 1.165) is 58.0 Å². The molecule has 4 fully saturated rings. The molecule has 4 aliphatic rings. The number of piperidine rings is 3. The van der Waals surface area contributed by atoms with Gasteiger partial charge in [-0.15, -0.1) is 0 Å². The second kappa shape index (κ2) is 11.6. The molecule has 5 unspecified atom stereocenters. The molecule has 0 aliphatic carbocycles. The Balaban J connectivity index is 1.09. The van der Waals surface area contributed by atoms with Crippen LogP contribution in [0.25, 0.3) is 0 Å². The Kier molecular flexibility index (Phi) is 9.00. The fourth-order valence-electron chi connectivity index (χ4n) is 6.12. The number of carbonyl (C=O) groups excluding carboxylic acids is 1. The topological polar surface area (TPSA) is 103 Å². The zero-order valence-electron chi connectivity index (χ0n) is 20.3. The van der Waals surface area contributed by atoms with Crippen molar-refractivity contribution in [1.82, 2.24) is 25.6 Å². The number of amides is 1. The van der Waals surface area contributed by atoms with Crippen molar-refractivity contribution < 1.29 is 26.4 Å². The molecular weight excluding hydrogens is 483 g/mol. The molecule has 8 nitrogen and oxygen atoms in total. The zero-order valence-corrected chi connectivity index (χ0v) is 21.1. The van der Waals surface area contributed by atoms with Crippen molar-refractivity contribution in [2.75, 3.05) is 39.3 Å². The standard InChI is InChI=1S/C23H40F3N5O3S/c24-23(25,26)21-5-4-18(15-29-21)35(33,34)31-11-7-16(8-12-31)3-1-2-9-28-22(32)20-13-17-14-27-10-6-19(17)30-20/h16-21,27,29-30H,1-15H2,(H,28,32). The van der Waals surface area contributed by atoms with Gasteiger partial charge in [0.15, 0.2) is 0 Å². The minimum absolute atomic E-state index is 0.0414. The maximum atomic E-state index is 12.9. The van der Waals surface area contributed by atoms with Gasteiger partial charge in [-0.1, -0.05) is 12.8 Å². The van der Waals surface area contributed by atoms with E-state index in [1.165, 1.54) is 4.31 Å². The van der Waals surface area contributed by atoms with Crippen LogP contribution in [0.15, 0.2) is 0 Å². The number of hydrogen-bond donors (Lipinski definition) is 4. The first-order valence-corrected chi connectivity index (χ1v) is 14.7. The first-order chi connectivity index (χ1) is 16.6. The van der Waals surface area contributed by atoms with E-state index >= 15 is 0 Å². The van der Waals surface area contributed by atoms with Crippen LogP contribution in [0.4, 0.5) is 13.2 Å². The number of alkyl halides is 3. The van der Waals surface area contributed by atoms with E-state index in [1.54, 1.807) is 0 Å². The van der Waals surface area contributed by atoms with Crippen LogP contribution >= 0.6 is 0 Å². The van der Waals surface area contributed by atoms with E-state index in [0.29, 0.717) is 37.5 Å². The molecule has 1 amide bonds. The number of nitrogens with one attached hydrogen (secondary N) is 4. The van der Waals surface area contributed by atoms with Crippen LogP contribution in [0, 0.1) is 11.8 Å². The molecule has 0 aromatic rings. The predicted molar refractivity (Wildman–Crippen MR) is 127 cm³/mol. The normalized spacial score (nSPS) is 33.4. The highest BCUT2D eigenvalue weighted by atomic mass is 32.2. The third-order valence-electron chi connectivity index (χ3n) is 8.34. The maximum absolute atomic E-state index is 12.9. The predicted octanol–water partition coefficient (Wildman–Crippen LogP) is 1.34. The van der Waals surface area contributed by atoms with Gasteiger partial charge in [-0.05, 0) is 69.9 Å². The van der Waals surface area contributed by atoms with E-state index in [1.807, 2.05) is 0 Å². The van der Waals surface area contributed by atoms with E-state index in [2.05, 4.69) is 21.3 Å². The number of sulfonamides is 1. The summed E-state index contributed by atoms with van der Waals surface area (Å²) >= 11 is 0. The Morgan fingerprint density at radius 1 is 1.03 bits per heavy atom. The number of carbonyl (C=O) groups is 1. The molecule has 0 radical (unpaired) electrons. The maximum Gasteiger partial charge on any atom is 0.403 e. The van der Waals surface area contributed by atoms with Crippen molar-refractivity contribution >= 4 is 15.9 Å². The van der Waals surface area contributed by atoms with E-state index in [-0.39, 0.29) is 31.3 Å². The second-order valence-corrected chi connectivity index (χ2v) is 12.9. The Labute approximate surface area is 206 Å². The summed E-state index contributed by atoms with van der Waals surface area (Å²) in [6.45, 7) is 3.38. The van der Waals surface area contributed by atoms with Crippen molar-refractivity contribution in [1.29, 1.82) is 0 Å². The molecule has 0 aromatic carbocycles. The molecule has 5 atom stereocenters. The lowest BCUT2D eigenvalue weighted by Crippen LogP contribution is -2.54. The van der Waals surface area contributed by atoms with Crippen LogP contribution in [0.1, 0.15) is 57.8 Å². The molecule has 12 heteroatoms. The average Bonchev–Trinajstić information content (AvgIpc) is 3.28. The molecule has 0 aromatic heterocycles. The number of nitrogens with zero attached hydrogens (tertiary/aromatic N) is 1. The molecule has 0 spiro atoms. The van der Waals surface area contributed by atoms with E-state index in [4.69, 9.17) is 0 Å². The Hall–Kier alpha value is -0.950. The van der Waals surface area contributed by atoms with E-state index in [9.17, 15) is 26.4 Å². The quantitative estimate of drug-likeness (QED) is 0.358. The molecule has 202 valence electrons. The third-order valence-corrected chi connectivity index (χ3v) is 10.7. The molecule has 4 N–H and O–H groups in total. The number of halogens is 3. The summed E-state index contributed by atoms with van der Waals surface area (Å²) in [5, 5.41) is 11.5. The third kappa shape index (κ3) is 6.88. The number of fused-ring (bicyclic) bond motifs is 1. The summed E-state index contributed by atoms with van der Waals surface area (Å²) < 4.78 is 65.8. The summed E-state index contributed by atoms with van der Waals surface area (Å²) in [4.78, 5) is 12.5. The van der Waals surface area contributed by atoms with Gasteiger partial charge >= 0.3 is 6.18 Å². The van der Waals surface area contributed by atoms with Crippen molar-refractivity contribution in [3.8, 4) is 0 Å². The van der Waals surface area contributed by atoms with Crippen molar-refractivity contribution in [3.63, 3.8) is 0 Å². The summed E-state index contributed by atoms with van der Waals surface area (Å²) in [5.41, 5.74) is 0.